The second-order valence-electron chi connectivity index (χ2n) is 6.77. The number of aryl methyl sites for hydroxylation is 2. The van der Waals surface area contributed by atoms with Crippen molar-refractivity contribution in [2.24, 2.45) is 0 Å². The molecule has 6 nitrogen and oxygen atoms in total. The third kappa shape index (κ3) is 4.25. The predicted octanol–water partition coefficient (Wildman–Crippen LogP) is 4.10. The van der Waals surface area contributed by atoms with Crippen molar-refractivity contribution in [3.05, 3.63) is 89.0 Å². The van der Waals surface area contributed by atoms with Crippen LogP contribution in [0.2, 0.25) is 0 Å². The second-order valence-corrected chi connectivity index (χ2v) is 8.64. The number of hydrogen-bond acceptors (Lipinski definition) is 4. The number of hydrogen-bond donors (Lipinski definition) is 2. The van der Waals surface area contributed by atoms with E-state index in [0.29, 0.717) is 11.1 Å². The molecule has 0 bridgehead atoms. The standard InChI is InChI=1S/C22H21NO5S/c1-15-12-16(2)21(20(13-15)22(25)26)23(14-17-6-4-3-5-7-17)29(27,28)19-10-8-18(24)9-11-19/h3-13,24H,14H2,1-2H3,(H,25,26). The first-order valence-electron chi connectivity index (χ1n) is 8.90. The Morgan fingerprint density at radius 1 is 0.966 bits per heavy atom. The van der Waals surface area contributed by atoms with Crippen LogP contribution < -0.4 is 4.31 Å². The van der Waals surface area contributed by atoms with E-state index in [9.17, 15) is 23.4 Å². The molecule has 2 N–H and O–H groups in total. The Balaban J connectivity index is 2.25. The molecule has 3 aromatic rings. The number of phenols is 1. The maximum Gasteiger partial charge on any atom is 0.337 e. The van der Waals surface area contributed by atoms with Gasteiger partial charge in [-0.15, -0.1) is 0 Å². The van der Waals surface area contributed by atoms with Crippen molar-refractivity contribution in [3.63, 3.8) is 0 Å². The Morgan fingerprint density at radius 2 is 1.59 bits per heavy atom. The summed E-state index contributed by atoms with van der Waals surface area (Å²) >= 11 is 0. The van der Waals surface area contributed by atoms with Crippen LogP contribution in [0.5, 0.6) is 5.75 Å². The van der Waals surface area contributed by atoms with Gasteiger partial charge in [-0.25, -0.2) is 13.2 Å². The minimum atomic E-state index is -4.10. The Labute approximate surface area is 169 Å². The van der Waals surface area contributed by atoms with E-state index in [0.717, 1.165) is 9.87 Å². The van der Waals surface area contributed by atoms with Crippen molar-refractivity contribution in [2.45, 2.75) is 25.3 Å². The van der Waals surface area contributed by atoms with Gasteiger partial charge in [0, 0.05) is 0 Å². The summed E-state index contributed by atoms with van der Waals surface area (Å²) in [5.74, 6) is -1.26. The number of aromatic hydroxyl groups is 1. The number of aromatic carboxylic acids is 1. The summed E-state index contributed by atoms with van der Waals surface area (Å²) in [6, 6.07) is 17.4. The monoisotopic (exact) mass is 411 g/mol. The van der Waals surface area contributed by atoms with E-state index in [-0.39, 0.29) is 28.4 Å². The lowest BCUT2D eigenvalue weighted by molar-refractivity contribution is 0.0697. The predicted molar refractivity (Wildman–Crippen MR) is 111 cm³/mol. The summed E-state index contributed by atoms with van der Waals surface area (Å²) in [6.07, 6.45) is 0. The minimum absolute atomic E-state index is 0.0335. The van der Waals surface area contributed by atoms with Gasteiger partial charge in [-0.3, -0.25) is 4.31 Å². The molecule has 7 heteroatoms. The van der Waals surface area contributed by atoms with Crippen molar-refractivity contribution in [2.75, 3.05) is 4.31 Å². The fourth-order valence-electron chi connectivity index (χ4n) is 3.23. The molecular formula is C22H21NO5S. The summed E-state index contributed by atoms with van der Waals surface area (Å²) in [6.45, 7) is 3.42. The van der Waals surface area contributed by atoms with E-state index in [1.54, 1.807) is 44.2 Å². The molecule has 0 atom stereocenters. The van der Waals surface area contributed by atoms with Gasteiger partial charge >= 0.3 is 5.97 Å². The fraction of sp³-hybridized carbons (Fsp3) is 0.136. The van der Waals surface area contributed by atoms with Crippen molar-refractivity contribution >= 4 is 21.7 Å². The highest BCUT2D eigenvalue weighted by atomic mass is 32.2. The number of benzene rings is 3. The average molecular weight is 411 g/mol. The van der Waals surface area contributed by atoms with Gasteiger partial charge in [0.25, 0.3) is 10.0 Å². The van der Waals surface area contributed by atoms with Crippen molar-refractivity contribution in [1.29, 1.82) is 0 Å². The van der Waals surface area contributed by atoms with Gasteiger partial charge in [0.15, 0.2) is 0 Å². The molecule has 150 valence electrons. The number of sulfonamides is 1. The number of carboxylic acids is 1. The summed E-state index contributed by atoms with van der Waals surface area (Å²) in [7, 11) is -4.10. The van der Waals surface area contributed by atoms with Crippen LogP contribution in [0.1, 0.15) is 27.0 Å². The molecule has 0 aliphatic carbocycles. The molecule has 0 saturated carbocycles. The van der Waals surface area contributed by atoms with E-state index in [1.165, 1.54) is 30.3 Å². The minimum Gasteiger partial charge on any atom is -0.508 e. The van der Waals surface area contributed by atoms with Crippen LogP contribution in [0.4, 0.5) is 5.69 Å². The molecule has 0 unspecified atom stereocenters. The van der Waals surface area contributed by atoms with Crippen LogP contribution in [0.15, 0.2) is 71.6 Å². The van der Waals surface area contributed by atoms with E-state index in [2.05, 4.69) is 0 Å². The summed E-state index contributed by atoms with van der Waals surface area (Å²) in [5, 5.41) is 19.3. The van der Waals surface area contributed by atoms with Crippen LogP contribution in [0, 0.1) is 13.8 Å². The number of carboxylic acid groups (broad SMARTS) is 1. The smallest absolute Gasteiger partial charge is 0.337 e. The maximum atomic E-state index is 13.5. The topological polar surface area (TPSA) is 94.9 Å². The lowest BCUT2D eigenvalue weighted by Gasteiger charge is -2.28. The zero-order valence-corrected chi connectivity index (χ0v) is 16.8. The molecule has 3 rings (SSSR count). The summed E-state index contributed by atoms with van der Waals surface area (Å²) in [5.41, 5.74) is 2.03. The van der Waals surface area contributed by atoms with Crippen LogP contribution in [-0.4, -0.2) is 24.6 Å². The Hall–Kier alpha value is -3.32. The highest BCUT2D eigenvalue weighted by Crippen LogP contribution is 2.33. The van der Waals surface area contributed by atoms with E-state index < -0.39 is 16.0 Å². The third-order valence-corrected chi connectivity index (χ3v) is 6.28. The third-order valence-electron chi connectivity index (χ3n) is 4.52. The Morgan fingerprint density at radius 3 is 2.17 bits per heavy atom. The van der Waals surface area contributed by atoms with Gasteiger partial charge in [0.1, 0.15) is 5.75 Å². The molecule has 0 fully saturated rings. The summed E-state index contributed by atoms with van der Waals surface area (Å²) in [4.78, 5) is 11.9. The maximum absolute atomic E-state index is 13.5. The molecule has 3 aromatic carbocycles. The zero-order valence-electron chi connectivity index (χ0n) is 16.0. The lowest BCUT2D eigenvalue weighted by atomic mass is 10.0. The number of rotatable bonds is 6. The molecule has 0 amide bonds. The SMILES string of the molecule is Cc1cc(C)c(N(Cc2ccccc2)S(=O)(=O)c2ccc(O)cc2)c(C(=O)O)c1. The van der Waals surface area contributed by atoms with Gasteiger partial charge in [0.2, 0.25) is 0 Å². The highest BCUT2D eigenvalue weighted by molar-refractivity contribution is 7.92. The molecule has 0 radical (unpaired) electrons. The van der Waals surface area contributed by atoms with E-state index >= 15 is 0 Å². The lowest BCUT2D eigenvalue weighted by Crippen LogP contribution is -2.32. The fourth-order valence-corrected chi connectivity index (χ4v) is 4.77. The van der Waals surface area contributed by atoms with Gasteiger partial charge in [0.05, 0.1) is 22.7 Å². The molecule has 0 heterocycles. The number of anilines is 1. The number of carbonyl (C=O) groups is 1. The Bertz CT molecular complexity index is 1140. The van der Waals surface area contributed by atoms with Crippen molar-refractivity contribution in [1.82, 2.24) is 0 Å². The van der Waals surface area contributed by atoms with E-state index in [1.807, 2.05) is 6.07 Å². The molecule has 0 saturated heterocycles. The molecule has 0 aliphatic heterocycles. The zero-order chi connectivity index (χ0) is 21.2. The first-order chi connectivity index (χ1) is 13.7. The molecule has 0 spiro atoms. The second kappa shape index (κ2) is 7.97. The number of phenolic OH excluding ortho intramolecular Hbond substituents is 1. The molecule has 29 heavy (non-hydrogen) atoms. The van der Waals surface area contributed by atoms with Gasteiger partial charge in [-0.2, -0.15) is 0 Å². The number of nitrogens with zero attached hydrogens (tertiary/aromatic N) is 1. The first-order valence-corrected chi connectivity index (χ1v) is 10.3. The van der Waals surface area contributed by atoms with Crippen molar-refractivity contribution in [3.8, 4) is 5.75 Å². The average Bonchev–Trinajstić information content (AvgIpc) is 2.67. The van der Waals surface area contributed by atoms with Crippen LogP contribution in [0.25, 0.3) is 0 Å². The van der Waals surface area contributed by atoms with Crippen LogP contribution in [-0.2, 0) is 16.6 Å². The largest absolute Gasteiger partial charge is 0.508 e. The Kier molecular flexibility index (Phi) is 5.61. The first kappa shape index (κ1) is 20.4. The highest BCUT2D eigenvalue weighted by Gasteiger charge is 2.30. The summed E-state index contributed by atoms with van der Waals surface area (Å²) < 4.78 is 28.1. The molecule has 0 aliphatic rings. The van der Waals surface area contributed by atoms with Gasteiger partial charge in [-0.1, -0.05) is 36.4 Å². The van der Waals surface area contributed by atoms with Gasteiger partial charge < -0.3 is 10.2 Å². The molecular weight excluding hydrogens is 390 g/mol. The van der Waals surface area contributed by atoms with E-state index in [4.69, 9.17) is 0 Å². The van der Waals surface area contributed by atoms with Crippen LogP contribution in [0.3, 0.4) is 0 Å². The molecule has 0 aromatic heterocycles. The van der Waals surface area contributed by atoms with Gasteiger partial charge in [-0.05, 0) is 60.9 Å². The quantitative estimate of drug-likeness (QED) is 0.637. The normalized spacial score (nSPS) is 11.2. The van der Waals surface area contributed by atoms with Crippen molar-refractivity contribution < 1.29 is 23.4 Å². The van der Waals surface area contributed by atoms with Crippen LogP contribution >= 0.6 is 0 Å².